The molecular formula is C63H71N15O22S. The molecule has 5 aromatic rings. The number of benzene rings is 3. The van der Waals surface area contributed by atoms with Gasteiger partial charge in [-0.05, 0) is 66.3 Å². The molecule has 1 aliphatic carbocycles. The van der Waals surface area contributed by atoms with E-state index < -0.39 is 194 Å². The van der Waals surface area contributed by atoms with Crippen LogP contribution >= 0.6 is 11.8 Å². The van der Waals surface area contributed by atoms with E-state index in [1.807, 2.05) is 64.5 Å². The highest BCUT2D eigenvalue weighted by atomic mass is 32.2. The van der Waals surface area contributed by atoms with E-state index >= 15 is 0 Å². The third-order valence-corrected chi connectivity index (χ3v) is 16.1. The molecule has 0 saturated heterocycles. The lowest BCUT2D eigenvalue weighted by atomic mass is 9.99. The van der Waals surface area contributed by atoms with Gasteiger partial charge in [-0.2, -0.15) is 16.7 Å². The van der Waals surface area contributed by atoms with Crippen molar-refractivity contribution in [1.29, 1.82) is 0 Å². The molecule has 6 rings (SSSR count). The van der Waals surface area contributed by atoms with Crippen LogP contribution in [0.5, 0.6) is 0 Å². The van der Waals surface area contributed by atoms with Crippen LogP contribution < -0.4 is 64.5 Å². The van der Waals surface area contributed by atoms with E-state index in [-0.39, 0.29) is 47.3 Å². The van der Waals surface area contributed by atoms with E-state index in [1.165, 1.54) is 42.2 Å². The van der Waals surface area contributed by atoms with Crippen LogP contribution in [0.25, 0.3) is 22.3 Å². The normalized spacial score (nSPS) is 13.7. The number of carbonyl (C=O) groups is 15. The zero-order chi connectivity index (χ0) is 74.2. The molecule has 0 radical (unpaired) electrons. The molecule has 38 heteroatoms. The second-order valence-electron chi connectivity index (χ2n) is 22.6. The second-order valence-corrected chi connectivity index (χ2v) is 23.7. The van der Waals surface area contributed by atoms with E-state index in [2.05, 4.69) is 63.7 Å². The summed E-state index contributed by atoms with van der Waals surface area (Å²) in [5.74, 6) is -20.8. The number of thioether (sulfide) groups is 1. The summed E-state index contributed by atoms with van der Waals surface area (Å²) >= 11 is 1.42. The standard InChI is InChI=1S/C63H71N15O22S/c1-3-8-38(71-56(92)40(21-47(81)82)70-46(80)18-17-39(62(99)100)72-53(89)30-13-15-31(16-14-30)65-25-32-26-67-52-51(69-32)60(96)78-63(64)77-52)54(90)73-42(23-49(85)86)57(93)74-43(24-50(87)88)58(94)76-44(59(95)75-41(22-48(83)84)55(91)68-29(2)61(97)98)27-66-45(79)19-20-101-28-37-35-11-6-4-9-33(35)34-10-5-7-12-36(34)37/h3-7,9-16,26,29,37-44,65H,1,8,17-25,27-28H2,2H3,(H,66,79)(H,68,91)(H,70,80)(H,71,92)(H,72,89)(H,73,90)(H,74,93)(H,75,95)(H,76,94)(H,81,82)(H,83,84)(H,85,86)(H,87,88)(H,97,98)(H,99,100)(H3,64,67,77,78,96)/t29-,38-,39-,40-,41-,42-,43-,44-/m0/s1. The Morgan fingerprint density at radius 1 is 0.574 bits per heavy atom. The molecule has 0 bridgehead atoms. The Labute approximate surface area is 575 Å². The molecule has 101 heavy (non-hydrogen) atoms. The van der Waals surface area contributed by atoms with Gasteiger partial charge >= 0.3 is 35.8 Å². The number of aliphatic carboxylic acids is 6. The van der Waals surface area contributed by atoms with Crippen molar-refractivity contribution >= 4 is 124 Å². The molecule has 19 N–H and O–H groups in total. The van der Waals surface area contributed by atoms with Crippen molar-refractivity contribution < 1.29 is 103 Å². The van der Waals surface area contributed by atoms with Gasteiger partial charge in [0.15, 0.2) is 11.2 Å². The molecule has 0 aliphatic heterocycles. The number of H-pyrrole nitrogens is 1. The Hall–Kier alpha value is -12.4. The number of rotatable bonds is 40. The van der Waals surface area contributed by atoms with Crippen molar-refractivity contribution in [3.8, 4) is 11.1 Å². The summed E-state index contributed by atoms with van der Waals surface area (Å²) in [5, 5.41) is 80.4. The van der Waals surface area contributed by atoms with Crippen molar-refractivity contribution in [3.63, 3.8) is 0 Å². The van der Waals surface area contributed by atoms with Gasteiger partial charge in [0.05, 0.1) is 44.1 Å². The first kappa shape index (κ1) is 77.6. The minimum Gasteiger partial charge on any atom is -0.481 e. The molecule has 0 saturated carbocycles. The van der Waals surface area contributed by atoms with Gasteiger partial charge < -0.3 is 89.5 Å². The van der Waals surface area contributed by atoms with E-state index in [4.69, 9.17) is 5.73 Å². The molecule has 0 fully saturated rings. The topological polar surface area (TPSA) is 595 Å². The predicted molar refractivity (Wildman–Crippen MR) is 354 cm³/mol. The number of anilines is 2. The number of nitrogens with zero attached hydrogens (tertiary/aromatic N) is 3. The van der Waals surface area contributed by atoms with Crippen LogP contribution in [0.15, 0.2) is 96.4 Å². The lowest BCUT2D eigenvalue weighted by Crippen LogP contribution is -2.62. The maximum absolute atomic E-state index is 14.1. The second kappa shape index (κ2) is 36.8. The molecule has 37 nitrogen and oxygen atoms in total. The van der Waals surface area contributed by atoms with Crippen LogP contribution in [0.4, 0.5) is 11.6 Å². The van der Waals surface area contributed by atoms with Gasteiger partial charge in [0, 0.05) is 48.1 Å². The summed E-state index contributed by atoms with van der Waals surface area (Å²) in [6.07, 6.45) is -4.67. The highest BCUT2D eigenvalue weighted by Crippen LogP contribution is 2.45. The van der Waals surface area contributed by atoms with Crippen molar-refractivity contribution in [1.82, 2.24) is 67.8 Å². The van der Waals surface area contributed by atoms with E-state index in [0.29, 0.717) is 17.1 Å². The van der Waals surface area contributed by atoms with Crippen molar-refractivity contribution in [2.45, 2.75) is 119 Å². The van der Waals surface area contributed by atoms with Gasteiger partial charge in [-0.3, -0.25) is 76.9 Å². The number of nitrogen functional groups attached to an aromatic ring is 1. The maximum atomic E-state index is 14.1. The minimum absolute atomic E-state index is 0.0129. The highest BCUT2D eigenvalue weighted by Gasteiger charge is 2.37. The number of nitrogens with one attached hydrogen (secondary N) is 11. The summed E-state index contributed by atoms with van der Waals surface area (Å²) in [6, 6.07) is 5.41. The first-order valence-corrected chi connectivity index (χ1v) is 31.8. The number of aromatic amines is 1. The summed E-state index contributed by atoms with van der Waals surface area (Å²) in [6.45, 7) is 3.71. The molecule has 1 aliphatic rings. The number of aromatic nitrogens is 4. The van der Waals surface area contributed by atoms with Gasteiger partial charge in [0.25, 0.3) is 11.5 Å². The first-order valence-electron chi connectivity index (χ1n) is 30.7. The van der Waals surface area contributed by atoms with Gasteiger partial charge in [0.1, 0.15) is 48.3 Å². The summed E-state index contributed by atoms with van der Waals surface area (Å²) < 4.78 is 0. The number of amides is 9. The monoisotopic (exact) mass is 1420 g/mol. The molecule has 0 spiro atoms. The Kier molecular flexibility index (Phi) is 28.3. The van der Waals surface area contributed by atoms with Crippen LogP contribution in [0.2, 0.25) is 0 Å². The molecule has 9 amide bonds. The molecule has 536 valence electrons. The molecule has 2 heterocycles. The van der Waals surface area contributed by atoms with Crippen LogP contribution in [0.1, 0.15) is 91.4 Å². The zero-order valence-corrected chi connectivity index (χ0v) is 54.3. The summed E-state index contributed by atoms with van der Waals surface area (Å²) in [5.41, 5.74) is 9.99. The third-order valence-electron chi connectivity index (χ3n) is 15.1. The first-order chi connectivity index (χ1) is 47.9. The van der Waals surface area contributed by atoms with Crippen molar-refractivity contribution in [2.24, 2.45) is 0 Å². The van der Waals surface area contributed by atoms with E-state index in [1.54, 1.807) is 0 Å². The van der Waals surface area contributed by atoms with Gasteiger partial charge in [0.2, 0.25) is 53.2 Å². The van der Waals surface area contributed by atoms with Gasteiger partial charge in [-0.15, -0.1) is 6.58 Å². The Bertz CT molecular complexity index is 4030. The fourth-order valence-corrected chi connectivity index (χ4v) is 11.1. The van der Waals surface area contributed by atoms with Crippen molar-refractivity contribution in [3.05, 3.63) is 124 Å². The maximum Gasteiger partial charge on any atom is 0.326 e. The Morgan fingerprint density at radius 3 is 1.57 bits per heavy atom. The minimum atomic E-state index is -2.29. The fourth-order valence-electron chi connectivity index (χ4n) is 10.0. The van der Waals surface area contributed by atoms with Crippen LogP contribution in [-0.2, 0) is 73.7 Å². The van der Waals surface area contributed by atoms with Crippen molar-refractivity contribution in [2.75, 3.05) is 29.1 Å². The molecule has 0 unspecified atom stereocenters. The lowest BCUT2D eigenvalue weighted by Gasteiger charge is -2.27. The van der Waals surface area contributed by atoms with E-state index in [0.717, 1.165) is 35.3 Å². The molecule has 3 aromatic carbocycles. The summed E-state index contributed by atoms with van der Waals surface area (Å²) in [7, 11) is 0. The number of carbonyl (C=O) groups excluding carboxylic acids is 9. The predicted octanol–water partition coefficient (Wildman–Crippen LogP) is -2.10. The largest absolute Gasteiger partial charge is 0.481 e. The molecule has 2 aromatic heterocycles. The molecular weight excluding hydrogens is 1350 g/mol. The zero-order valence-electron chi connectivity index (χ0n) is 53.5. The Morgan fingerprint density at radius 2 is 1.06 bits per heavy atom. The number of carboxylic acid groups (broad SMARTS) is 6. The van der Waals surface area contributed by atoms with Gasteiger partial charge in [-0.1, -0.05) is 54.6 Å². The average molecular weight is 1420 g/mol. The Balaban J connectivity index is 1.08. The lowest BCUT2D eigenvalue weighted by molar-refractivity contribution is -0.144. The summed E-state index contributed by atoms with van der Waals surface area (Å²) in [4.78, 5) is 221. The number of nitrogens with two attached hydrogens (primary N) is 1. The van der Waals surface area contributed by atoms with Crippen LogP contribution in [-0.4, -0.2) is 206 Å². The van der Waals surface area contributed by atoms with Crippen LogP contribution in [0, 0.1) is 0 Å². The highest BCUT2D eigenvalue weighted by molar-refractivity contribution is 7.99. The van der Waals surface area contributed by atoms with E-state index in [9.17, 15) is 107 Å². The van der Waals surface area contributed by atoms with Gasteiger partial charge in [-0.25, -0.2) is 14.8 Å². The number of hydrogen-bond acceptors (Lipinski definition) is 22. The van der Waals surface area contributed by atoms with Crippen LogP contribution in [0.3, 0.4) is 0 Å². The SMILES string of the molecule is C=CC[C@H](NC(=O)[C@H](CC(=O)O)NC(=O)CC[C@H](NC(=O)c1ccc(NCc2cnc3nc(N)[nH]c(=O)c3n2)cc1)C(=O)O)C(=O)N[C@@H](CC(=O)O)C(=O)N[C@@H](CC(=O)O)C(=O)N[C@@H](CNC(=O)CCSCC1c2ccccc2-c2ccccc21)C(=O)N[C@@H](CC(=O)O)C(=O)N[C@@H](C)C(=O)O. The number of carboxylic acids is 6. The number of fused-ring (bicyclic) bond motifs is 4. The fraction of sp³-hybridized carbons (Fsp3) is 0.349. The quantitative estimate of drug-likeness (QED) is 0.0147. The third kappa shape index (κ3) is 23.4. The molecule has 8 atom stereocenters. The number of hydrogen-bond donors (Lipinski definition) is 18. The smallest absolute Gasteiger partial charge is 0.326 e. The average Bonchev–Trinajstić information content (AvgIpc) is 1.63.